The standard InChI is InChI=1S/C20H15N5O2SSe/c1-24-19(27)16(18(26)23-20(24)28)10-15-6-7-17(29-15)25(13-4-2-8-21-11-13)14-5-3-9-22-12-14/h2-12H,1H3,(H,23,26,28)/b16-10+. The van der Waals surface area contributed by atoms with Crippen molar-refractivity contribution >= 4 is 65.7 Å². The molecule has 0 unspecified atom stereocenters. The number of carbonyl (C=O) groups is 2. The molecule has 0 atom stereocenters. The van der Waals surface area contributed by atoms with Gasteiger partial charge in [0.2, 0.25) is 0 Å². The van der Waals surface area contributed by atoms with E-state index in [2.05, 4.69) is 20.2 Å². The summed E-state index contributed by atoms with van der Waals surface area (Å²) in [5, 5.41) is 2.65. The summed E-state index contributed by atoms with van der Waals surface area (Å²) in [7, 11) is 1.54. The van der Waals surface area contributed by atoms with E-state index in [1.54, 1.807) is 37.9 Å². The Balaban J connectivity index is 1.72. The Labute approximate surface area is 178 Å². The fourth-order valence-corrected chi connectivity index (χ4v) is 5.06. The number of hydrogen-bond acceptors (Lipinski definition) is 6. The Morgan fingerprint density at radius 2 is 1.72 bits per heavy atom. The summed E-state index contributed by atoms with van der Waals surface area (Å²) in [5.74, 6) is -0.875. The van der Waals surface area contributed by atoms with Gasteiger partial charge in [0, 0.05) is 0 Å². The zero-order valence-corrected chi connectivity index (χ0v) is 17.8. The number of carbonyl (C=O) groups excluding carboxylic acids is 2. The van der Waals surface area contributed by atoms with Gasteiger partial charge in [-0.15, -0.1) is 0 Å². The van der Waals surface area contributed by atoms with Crippen molar-refractivity contribution in [1.82, 2.24) is 20.2 Å². The molecule has 2 amide bonds. The van der Waals surface area contributed by atoms with Crippen LogP contribution in [0.1, 0.15) is 4.44 Å². The van der Waals surface area contributed by atoms with Crippen LogP contribution in [-0.2, 0) is 9.59 Å². The molecule has 0 spiro atoms. The van der Waals surface area contributed by atoms with Crippen LogP contribution in [0.5, 0.6) is 0 Å². The molecule has 0 aliphatic carbocycles. The molecule has 9 heteroatoms. The summed E-state index contributed by atoms with van der Waals surface area (Å²) in [6.45, 7) is 0. The molecule has 0 radical (unpaired) electrons. The van der Waals surface area contributed by atoms with Crippen LogP contribution in [0.3, 0.4) is 0 Å². The maximum absolute atomic E-state index is 12.4. The van der Waals surface area contributed by atoms with Gasteiger partial charge in [-0.3, -0.25) is 0 Å². The summed E-state index contributed by atoms with van der Waals surface area (Å²) in [6, 6.07) is 11.6. The molecule has 1 N–H and O–H groups in total. The van der Waals surface area contributed by atoms with E-state index in [-0.39, 0.29) is 25.2 Å². The van der Waals surface area contributed by atoms with E-state index in [0.29, 0.717) is 0 Å². The molecule has 0 aromatic carbocycles. The molecule has 4 heterocycles. The molecule has 0 saturated carbocycles. The second-order valence-corrected chi connectivity index (χ2v) is 8.80. The van der Waals surface area contributed by atoms with E-state index in [9.17, 15) is 9.59 Å². The molecule has 1 fully saturated rings. The molecular weight excluding hydrogens is 453 g/mol. The first kappa shape index (κ1) is 19.2. The Morgan fingerprint density at radius 3 is 2.31 bits per heavy atom. The van der Waals surface area contributed by atoms with Crippen LogP contribution in [-0.4, -0.2) is 53.3 Å². The first-order valence-electron chi connectivity index (χ1n) is 8.59. The summed E-state index contributed by atoms with van der Waals surface area (Å²) >= 11 is 4.86. The third-order valence-corrected chi connectivity index (χ3v) is 6.74. The molecule has 1 saturated heterocycles. The van der Waals surface area contributed by atoms with Crippen molar-refractivity contribution in [2.24, 2.45) is 0 Å². The van der Waals surface area contributed by atoms with E-state index >= 15 is 0 Å². The second-order valence-electron chi connectivity index (χ2n) is 6.12. The number of nitrogens with zero attached hydrogens (tertiary/aromatic N) is 4. The number of likely N-dealkylation sites (N-methyl/N-ethyl adjacent to an activating group) is 1. The van der Waals surface area contributed by atoms with Crippen molar-refractivity contribution in [3.8, 4) is 0 Å². The zero-order valence-electron chi connectivity index (χ0n) is 15.3. The fraction of sp³-hybridized carbons (Fsp3) is 0.0500. The summed E-state index contributed by atoms with van der Waals surface area (Å²) < 4.78 is 1.95. The number of pyridine rings is 2. The second kappa shape index (κ2) is 8.08. The third kappa shape index (κ3) is 3.88. The van der Waals surface area contributed by atoms with Gasteiger partial charge in [-0.1, -0.05) is 0 Å². The third-order valence-electron chi connectivity index (χ3n) is 4.23. The Bertz CT molecular complexity index is 1070. The van der Waals surface area contributed by atoms with Crippen LogP contribution in [0, 0.1) is 0 Å². The number of hydrogen-bond donors (Lipinski definition) is 1. The summed E-state index contributed by atoms with van der Waals surface area (Å²) in [6.07, 6.45) is 8.66. The molecular formula is C20H15N5O2SSe. The normalized spacial score (nSPS) is 15.6. The summed E-state index contributed by atoms with van der Waals surface area (Å²) in [4.78, 5) is 36.4. The van der Waals surface area contributed by atoms with Crippen molar-refractivity contribution in [1.29, 1.82) is 0 Å². The number of nitrogens with one attached hydrogen (secondary N) is 1. The van der Waals surface area contributed by atoms with Gasteiger partial charge in [0.05, 0.1) is 0 Å². The van der Waals surface area contributed by atoms with Crippen molar-refractivity contribution in [3.05, 3.63) is 71.2 Å². The average molecular weight is 468 g/mol. The molecule has 3 aromatic rings. The summed E-state index contributed by atoms with van der Waals surface area (Å²) in [5.41, 5.74) is 1.90. The number of thiocarbonyl (C=S) groups is 1. The van der Waals surface area contributed by atoms with E-state index in [1.807, 2.05) is 36.4 Å². The predicted molar refractivity (Wildman–Crippen MR) is 115 cm³/mol. The zero-order chi connectivity index (χ0) is 20.4. The van der Waals surface area contributed by atoms with Gasteiger partial charge in [-0.2, -0.15) is 0 Å². The van der Waals surface area contributed by atoms with Crippen molar-refractivity contribution in [3.63, 3.8) is 0 Å². The van der Waals surface area contributed by atoms with E-state index in [1.165, 1.54) is 4.90 Å². The molecule has 7 nitrogen and oxygen atoms in total. The first-order valence-corrected chi connectivity index (χ1v) is 10.7. The molecule has 1 aliphatic rings. The van der Waals surface area contributed by atoms with Gasteiger partial charge < -0.3 is 0 Å². The Hall–Kier alpha value is -3.13. The van der Waals surface area contributed by atoms with E-state index < -0.39 is 11.8 Å². The molecule has 29 heavy (non-hydrogen) atoms. The number of anilines is 3. The molecule has 0 bridgehead atoms. The molecule has 144 valence electrons. The monoisotopic (exact) mass is 469 g/mol. The topological polar surface area (TPSA) is 78.4 Å². The minimum atomic E-state index is -0.473. The van der Waals surface area contributed by atoms with Gasteiger partial charge in [0.15, 0.2) is 0 Å². The number of aromatic nitrogens is 2. The quantitative estimate of drug-likeness (QED) is 0.274. The van der Waals surface area contributed by atoms with Gasteiger partial charge in [0.1, 0.15) is 0 Å². The Morgan fingerprint density at radius 1 is 1.07 bits per heavy atom. The fourth-order valence-electron chi connectivity index (χ4n) is 2.80. The van der Waals surface area contributed by atoms with Gasteiger partial charge in [0.25, 0.3) is 0 Å². The van der Waals surface area contributed by atoms with Crippen LogP contribution >= 0.6 is 12.2 Å². The van der Waals surface area contributed by atoms with Crippen LogP contribution in [0.2, 0.25) is 0 Å². The Kier molecular flexibility index (Phi) is 5.35. The van der Waals surface area contributed by atoms with Gasteiger partial charge in [-0.05, 0) is 0 Å². The number of amides is 2. The predicted octanol–water partition coefficient (Wildman–Crippen LogP) is 2.26. The van der Waals surface area contributed by atoms with Crippen molar-refractivity contribution < 1.29 is 9.59 Å². The van der Waals surface area contributed by atoms with Crippen LogP contribution in [0.15, 0.2) is 66.8 Å². The number of rotatable bonds is 4. The van der Waals surface area contributed by atoms with Crippen molar-refractivity contribution in [2.75, 3.05) is 11.9 Å². The SMILES string of the molecule is CN1C(=O)/C(=C/c2ccc(N(c3cccnc3)c3cccnc3)[se]2)C(=O)NC1=S. The molecule has 4 rings (SSSR count). The van der Waals surface area contributed by atoms with Gasteiger partial charge in [-0.25, -0.2) is 0 Å². The van der Waals surface area contributed by atoms with E-state index in [4.69, 9.17) is 12.2 Å². The van der Waals surface area contributed by atoms with Crippen LogP contribution in [0.25, 0.3) is 6.08 Å². The molecule has 3 aromatic heterocycles. The minimum absolute atomic E-state index is 0.0816. The van der Waals surface area contributed by atoms with Crippen molar-refractivity contribution in [2.45, 2.75) is 0 Å². The van der Waals surface area contributed by atoms with Crippen LogP contribution in [0.4, 0.5) is 15.9 Å². The average Bonchev–Trinajstić information content (AvgIpc) is 3.19. The first-order chi connectivity index (χ1) is 14.0. The maximum atomic E-state index is 12.4. The van der Waals surface area contributed by atoms with Gasteiger partial charge >= 0.3 is 179 Å². The van der Waals surface area contributed by atoms with E-state index in [0.717, 1.165) is 20.4 Å². The van der Waals surface area contributed by atoms with Crippen LogP contribution < -0.4 is 10.2 Å². The molecule has 1 aliphatic heterocycles.